The van der Waals surface area contributed by atoms with Gasteiger partial charge < -0.3 is 10.6 Å². The molecule has 0 unspecified atom stereocenters. The molecule has 4 heteroatoms. The van der Waals surface area contributed by atoms with E-state index in [1.54, 1.807) is 0 Å². The van der Waals surface area contributed by atoms with E-state index >= 15 is 0 Å². The van der Waals surface area contributed by atoms with Gasteiger partial charge in [-0.25, -0.2) is 0 Å². The minimum absolute atomic E-state index is 0.468. The topological polar surface area (TPSA) is 85.1 Å². The molecule has 0 aliphatic rings. The van der Waals surface area contributed by atoms with Crippen molar-refractivity contribution in [2.45, 2.75) is 0 Å². The van der Waals surface area contributed by atoms with Crippen molar-refractivity contribution in [3.63, 3.8) is 0 Å². The van der Waals surface area contributed by atoms with Gasteiger partial charge in [-0.05, 0) is 0 Å². The molecule has 5 heavy (non-hydrogen) atoms. The van der Waals surface area contributed by atoms with E-state index in [0.717, 1.165) is 0 Å². The molecule has 0 fully saturated rings. The summed E-state index contributed by atoms with van der Waals surface area (Å²) in [5.41, 5.74) is 4.53. The van der Waals surface area contributed by atoms with Crippen molar-refractivity contribution < 1.29 is 4.84 Å². The molecule has 30 valence electrons. The third-order valence-electron chi connectivity index (χ3n) is 0.127. The summed E-state index contributed by atoms with van der Waals surface area (Å²) in [4.78, 5) is 3.61. The van der Waals surface area contributed by atoms with Gasteiger partial charge in [0.05, 0.1) is 0 Å². The normalized spacial score (nSPS) is 6.60. The summed E-state index contributed by atoms with van der Waals surface area (Å²) in [6.45, 7) is 0. The van der Waals surface area contributed by atoms with Crippen LogP contribution in [0.3, 0.4) is 0 Å². The maximum absolute atomic E-state index is 6.17. The first-order valence-electron chi connectivity index (χ1n) is 0.979. The summed E-state index contributed by atoms with van der Waals surface area (Å²) in [5, 5.41) is 6.17. The average molecular weight is 75.1 g/mol. The molecule has 0 rings (SSSR count). The van der Waals surface area contributed by atoms with Crippen LogP contribution in [-0.4, -0.2) is 6.02 Å². The van der Waals surface area contributed by atoms with Gasteiger partial charge in [-0.2, -0.15) is 5.90 Å². The van der Waals surface area contributed by atoms with Crippen LogP contribution in [0.2, 0.25) is 0 Å². The molecule has 5 N–H and O–H groups in total. The van der Waals surface area contributed by atoms with Crippen LogP contribution in [0.5, 0.6) is 0 Å². The van der Waals surface area contributed by atoms with Crippen LogP contribution in [0.15, 0.2) is 0 Å². The zero-order valence-electron chi connectivity index (χ0n) is 2.56. The Kier molecular flexibility index (Phi) is 1.30. The van der Waals surface area contributed by atoms with Crippen molar-refractivity contribution in [2.75, 3.05) is 0 Å². The highest BCUT2D eigenvalue weighted by Crippen LogP contribution is 1.43. The van der Waals surface area contributed by atoms with Crippen molar-refractivity contribution in [1.29, 1.82) is 5.41 Å². The summed E-state index contributed by atoms with van der Waals surface area (Å²) >= 11 is 0. The fourth-order valence-electron chi connectivity index (χ4n) is 0. The smallest absolute Gasteiger partial charge is 0.299 e. The van der Waals surface area contributed by atoms with E-state index in [1.165, 1.54) is 0 Å². The van der Waals surface area contributed by atoms with Gasteiger partial charge >= 0.3 is 0 Å². The number of rotatable bonds is 0. The molecule has 0 saturated heterocycles. The first-order valence-corrected chi connectivity index (χ1v) is 0.979. The van der Waals surface area contributed by atoms with Gasteiger partial charge in [0, 0.05) is 0 Å². The van der Waals surface area contributed by atoms with Crippen LogP contribution < -0.4 is 11.6 Å². The monoisotopic (exact) mass is 75.0 g/mol. The van der Waals surface area contributed by atoms with Crippen LogP contribution in [0, 0.1) is 5.41 Å². The molecule has 0 bridgehead atoms. The lowest BCUT2D eigenvalue weighted by Gasteiger charge is -1.84. The first-order chi connectivity index (χ1) is 2.27. The van der Waals surface area contributed by atoms with Gasteiger partial charge in [-0.3, -0.25) is 5.41 Å². The van der Waals surface area contributed by atoms with E-state index < -0.39 is 6.02 Å². The molecule has 0 aliphatic carbocycles. The number of amidine groups is 1. The van der Waals surface area contributed by atoms with Gasteiger partial charge in [0.1, 0.15) is 0 Å². The molecule has 0 atom stereocenters. The van der Waals surface area contributed by atoms with Gasteiger partial charge in [-0.1, -0.05) is 0 Å². The highest BCUT2D eigenvalue weighted by atomic mass is 16.6. The van der Waals surface area contributed by atoms with Gasteiger partial charge in [0.2, 0.25) is 0 Å². The van der Waals surface area contributed by atoms with E-state index in [4.69, 9.17) is 5.41 Å². The second kappa shape index (κ2) is 1.54. The molecule has 0 saturated carbocycles. The number of nitrogens with one attached hydrogen (secondary N) is 1. The van der Waals surface area contributed by atoms with Gasteiger partial charge in [0.15, 0.2) is 0 Å². The molecule has 0 heterocycles. The van der Waals surface area contributed by atoms with Crippen LogP contribution in [-0.2, 0) is 4.84 Å². The Morgan fingerprint density at radius 2 is 2.00 bits per heavy atom. The lowest BCUT2D eigenvalue weighted by Crippen LogP contribution is -2.17. The van der Waals surface area contributed by atoms with E-state index in [0.29, 0.717) is 0 Å². The van der Waals surface area contributed by atoms with Crippen molar-refractivity contribution in [3.8, 4) is 0 Å². The second-order valence-electron chi connectivity index (χ2n) is 0.482. The molecule has 4 nitrogen and oxygen atoms in total. The lowest BCUT2D eigenvalue weighted by molar-refractivity contribution is 0.312. The van der Waals surface area contributed by atoms with Crippen LogP contribution in [0.4, 0.5) is 0 Å². The first kappa shape index (κ1) is 4.23. The molecule has 0 spiro atoms. The predicted octanol–water partition coefficient (Wildman–Crippen LogP) is -1.23. The largest absolute Gasteiger partial charge is 0.374 e. The Labute approximate surface area is 29.2 Å². The van der Waals surface area contributed by atoms with Crippen LogP contribution >= 0.6 is 0 Å². The van der Waals surface area contributed by atoms with Gasteiger partial charge in [0.25, 0.3) is 6.02 Å². The minimum Gasteiger partial charge on any atom is -0.374 e. The van der Waals surface area contributed by atoms with Crippen molar-refractivity contribution in [2.24, 2.45) is 11.6 Å². The SMILES string of the molecule is N=C(N)ON. The highest BCUT2D eigenvalue weighted by molar-refractivity contribution is 5.66. The fourth-order valence-corrected chi connectivity index (χ4v) is 0. The lowest BCUT2D eigenvalue weighted by atomic mass is 11.2. The fraction of sp³-hybridized carbons (Fsp3) is 0. The highest BCUT2D eigenvalue weighted by Gasteiger charge is 1.70. The maximum atomic E-state index is 6.17. The summed E-state index contributed by atoms with van der Waals surface area (Å²) in [6, 6.07) is -0.468. The number of hydrogen-bond donors (Lipinski definition) is 3. The summed E-state index contributed by atoms with van der Waals surface area (Å²) in [7, 11) is 0. The Morgan fingerprint density at radius 3 is 2.00 bits per heavy atom. The zero-order chi connectivity index (χ0) is 4.28. The quantitative estimate of drug-likeness (QED) is 0.191. The van der Waals surface area contributed by atoms with Crippen LogP contribution in [0.25, 0.3) is 0 Å². The molecule has 0 aromatic heterocycles. The van der Waals surface area contributed by atoms with Gasteiger partial charge in [-0.15, -0.1) is 0 Å². The summed E-state index contributed by atoms with van der Waals surface area (Å²) < 4.78 is 0. The standard InChI is InChI=1S/CH5N3O/c2-1(3)5-4/h4H2,(H3,2,3). The molecule has 0 aromatic carbocycles. The van der Waals surface area contributed by atoms with E-state index in [9.17, 15) is 0 Å². The molecular formula is CH5N3O. The summed E-state index contributed by atoms with van der Waals surface area (Å²) in [5.74, 6) is 4.32. The molecule has 0 aliphatic heterocycles. The van der Waals surface area contributed by atoms with E-state index in [-0.39, 0.29) is 0 Å². The third-order valence-corrected chi connectivity index (χ3v) is 0.127. The van der Waals surface area contributed by atoms with Crippen molar-refractivity contribution in [1.82, 2.24) is 0 Å². The Balaban J connectivity index is 2.85. The third kappa shape index (κ3) is 3.23. The number of hydrogen-bond acceptors (Lipinski definition) is 3. The Bertz CT molecular complexity index is 42.2. The van der Waals surface area contributed by atoms with Crippen molar-refractivity contribution in [3.05, 3.63) is 0 Å². The molecule has 0 aromatic rings. The maximum Gasteiger partial charge on any atom is 0.299 e. The minimum atomic E-state index is -0.468. The van der Waals surface area contributed by atoms with E-state index in [1.807, 2.05) is 0 Å². The molecular weight excluding hydrogens is 70.0 g/mol. The van der Waals surface area contributed by atoms with E-state index in [2.05, 4.69) is 16.5 Å². The molecule has 0 radical (unpaired) electrons. The zero-order valence-corrected chi connectivity index (χ0v) is 2.56. The predicted molar refractivity (Wildman–Crippen MR) is 17.2 cm³/mol. The Hall–Kier alpha value is -0.770. The second-order valence-corrected chi connectivity index (χ2v) is 0.482. The average Bonchev–Trinajstić information content (AvgIpc) is 1.38. The Morgan fingerprint density at radius 1 is 1.80 bits per heavy atom. The number of nitrogens with two attached hydrogens (primary N) is 2. The molecule has 0 amide bonds. The summed E-state index contributed by atoms with van der Waals surface area (Å²) in [6.07, 6.45) is 0. The van der Waals surface area contributed by atoms with Crippen LogP contribution in [0.1, 0.15) is 0 Å². The van der Waals surface area contributed by atoms with Crippen molar-refractivity contribution >= 4 is 6.02 Å².